The Morgan fingerprint density at radius 1 is 0.652 bits per heavy atom. The first kappa shape index (κ1) is 15.2. The van der Waals surface area contributed by atoms with Gasteiger partial charge in [0.15, 0.2) is 5.78 Å². The van der Waals surface area contributed by atoms with E-state index in [1.807, 2.05) is 24.3 Å². The number of carbonyl (C=O) groups is 1. The number of carbonyl (C=O) groups excluding carboxylic acids is 1. The van der Waals surface area contributed by atoms with Crippen molar-refractivity contribution in [2.45, 2.75) is 19.8 Å². The zero-order chi connectivity index (χ0) is 16.1. The molecular formula is C22H20O. The van der Waals surface area contributed by atoms with E-state index >= 15 is 0 Å². The lowest BCUT2D eigenvalue weighted by atomic mass is 9.99. The second-order valence-electron chi connectivity index (χ2n) is 5.82. The molecule has 0 aliphatic rings. The molecule has 0 saturated heterocycles. The van der Waals surface area contributed by atoms with Crippen molar-refractivity contribution in [3.05, 3.63) is 95.6 Å². The molecule has 0 saturated carbocycles. The molecule has 0 N–H and O–H groups in total. The van der Waals surface area contributed by atoms with Crippen molar-refractivity contribution in [2.24, 2.45) is 0 Å². The lowest BCUT2D eigenvalue weighted by Gasteiger charge is -2.06. The van der Waals surface area contributed by atoms with E-state index in [1.54, 1.807) is 6.92 Å². The summed E-state index contributed by atoms with van der Waals surface area (Å²) in [4.78, 5) is 11.3. The standard InChI is InChI=1S/C22H20O/c1-17(23)20-13-15-22(16-14-20)21-11-9-19(10-12-21)8-7-18-5-3-2-4-6-18/h2-6,9-16H,7-8H2,1H3. The molecule has 1 nitrogen and oxygen atoms in total. The Hall–Kier alpha value is -2.67. The summed E-state index contributed by atoms with van der Waals surface area (Å²) < 4.78 is 0. The zero-order valence-corrected chi connectivity index (χ0v) is 13.3. The van der Waals surface area contributed by atoms with Gasteiger partial charge in [0.05, 0.1) is 0 Å². The third-order valence-electron chi connectivity index (χ3n) is 4.12. The number of aryl methyl sites for hydroxylation is 2. The van der Waals surface area contributed by atoms with E-state index < -0.39 is 0 Å². The minimum Gasteiger partial charge on any atom is -0.295 e. The van der Waals surface area contributed by atoms with Gasteiger partial charge in [0, 0.05) is 5.56 Å². The summed E-state index contributed by atoms with van der Waals surface area (Å²) in [6.07, 6.45) is 2.11. The second kappa shape index (κ2) is 7.06. The van der Waals surface area contributed by atoms with Crippen LogP contribution in [0.3, 0.4) is 0 Å². The minimum atomic E-state index is 0.104. The van der Waals surface area contributed by atoms with E-state index in [2.05, 4.69) is 54.6 Å². The van der Waals surface area contributed by atoms with Crippen LogP contribution >= 0.6 is 0 Å². The number of hydrogen-bond donors (Lipinski definition) is 0. The van der Waals surface area contributed by atoms with Gasteiger partial charge < -0.3 is 0 Å². The Labute approximate surface area is 137 Å². The molecule has 23 heavy (non-hydrogen) atoms. The van der Waals surface area contributed by atoms with Crippen LogP contribution in [0.5, 0.6) is 0 Å². The number of hydrogen-bond acceptors (Lipinski definition) is 1. The van der Waals surface area contributed by atoms with Crippen LogP contribution in [0.15, 0.2) is 78.9 Å². The summed E-state index contributed by atoms with van der Waals surface area (Å²) in [6, 6.07) is 27.1. The summed E-state index contributed by atoms with van der Waals surface area (Å²) >= 11 is 0. The fraction of sp³-hybridized carbons (Fsp3) is 0.136. The molecule has 114 valence electrons. The maximum atomic E-state index is 11.3. The summed E-state index contributed by atoms with van der Waals surface area (Å²) in [6.45, 7) is 1.59. The van der Waals surface area contributed by atoms with Crippen molar-refractivity contribution in [2.75, 3.05) is 0 Å². The van der Waals surface area contributed by atoms with Crippen LogP contribution in [0.4, 0.5) is 0 Å². The highest BCUT2D eigenvalue weighted by Crippen LogP contribution is 2.21. The maximum absolute atomic E-state index is 11.3. The molecule has 0 spiro atoms. The minimum absolute atomic E-state index is 0.104. The van der Waals surface area contributed by atoms with Gasteiger partial charge >= 0.3 is 0 Å². The van der Waals surface area contributed by atoms with E-state index in [4.69, 9.17) is 0 Å². The second-order valence-corrected chi connectivity index (χ2v) is 5.82. The van der Waals surface area contributed by atoms with Crippen LogP contribution in [0, 0.1) is 0 Å². The first-order chi connectivity index (χ1) is 11.2. The van der Waals surface area contributed by atoms with Crippen molar-refractivity contribution in [3.8, 4) is 11.1 Å². The van der Waals surface area contributed by atoms with Crippen molar-refractivity contribution < 1.29 is 4.79 Å². The monoisotopic (exact) mass is 300 g/mol. The molecular weight excluding hydrogens is 280 g/mol. The highest BCUT2D eigenvalue weighted by atomic mass is 16.1. The number of ketones is 1. The molecule has 0 amide bonds. The van der Waals surface area contributed by atoms with E-state index in [1.165, 1.54) is 16.7 Å². The van der Waals surface area contributed by atoms with Gasteiger partial charge in [0.2, 0.25) is 0 Å². The summed E-state index contributed by atoms with van der Waals surface area (Å²) in [5.74, 6) is 0.104. The van der Waals surface area contributed by atoms with Crippen LogP contribution in [0.1, 0.15) is 28.4 Å². The summed E-state index contributed by atoms with van der Waals surface area (Å²) in [7, 11) is 0. The van der Waals surface area contributed by atoms with Gasteiger partial charge in [-0.25, -0.2) is 0 Å². The Morgan fingerprint density at radius 3 is 1.65 bits per heavy atom. The van der Waals surface area contributed by atoms with Gasteiger partial charge in [0.25, 0.3) is 0 Å². The van der Waals surface area contributed by atoms with E-state index in [0.29, 0.717) is 0 Å². The van der Waals surface area contributed by atoms with Crippen LogP contribution in [0.2, 0.25) is 0 Å². The molecule has 0 aromatic heterocycles. The predicted octanol–water partition coefficient (Wildman–Crippen LogP) is 5.34. The van der Waals surface area contributed by atoms with Crippen LogP contribution in [-0.2, 0) is 12.8 Å². The van der Waals surface area contributed by atoms with Gasteiger partial charge in [-0.05, 0) is 42.0 Å². The Balaban J connectivity index is 1.68. The summed E-state index contributed by atoms with van der Waals surface area (Å²) in [5, 5.41) is 0. The lowest BCUT2D eigenvalue weighted by molar-refractivity contribution is 0.101. The smallest absolute Gasteiger partial charge is 0.159 e. The fourth-order valence-corrected chi connectivity index (χ4v) is 2.69. The quantitative estimate of drug-likeness (QED) is 0.581. The highest BCUT2D eigenvalue weighted by molar-refractivity contribution is 5.94. The average molecular weight is 300 g/mol. The predicted molar refractivity (Wildman–Crippen MR) is 95.7 cm³/mol. The molecule has 3 aromatic carbocycles. The normalized spacial score (nSPS) is 10.5. The SMILES string of the molecule is CC(=O)c1ccc(-c2ccc(CCc3ccccc3)cc2)cc1. The zero-order valence-electron chi connectivity index (χ0n) is 13.3. The largest absolute Gasteiger partial charge is 0.295 e. The van der Waals surface area contributed by atoms with Crippen LogP contribution < -0.4 is 0 Å². The Morgan fingerprint density at radius 2 is 1.13 bits per heavy atom. The van der Waals surface area contributed by atoms with Crippen molar-refractivity contribution >= 4 is 5.78 Å². The average Bonchev–Trinajstić information content (AvgIpc) is 2.61. The molecule has 0 aliphatic carbocycles. The molecule has 0 fully saturated rings. The van der Waals surface area contributed by atoms with E-state index in [-0.39, 0.29) is 5.78 Å². The van der Waals surface area contributed by atoms with Gasteiger partial charge in [-0.15, -0.1) is 0 Å². The molecule has 0 atom stereocenters. The topological polar surface area (TPSA) is 17.1 Å². The van der Waals surface area contributed by atoms with Crippen molar-refractivity contribution in [3.63, 3.8) is 0 Å². The first-order valence-electron chi connectivity index (χ1n) is 7.96. The molecule has 3 aromatic rings. The third-order valence-corrected chi connectivity index (χ3v) is 4.12. The lowest BCUT2D eigenvalue weighted by Crippen LogP contribution is -1.92. The Kier molecular flexibility index (Phi) is 4.68. The highest BCUT2D eigenvalue weighted by Gasteiger charge is 2.02. The molecule has 3 rings (SSSR count). The number of Topliss-reactive ketones (excluding diaryl/α,β-unsaturated/α-hetero) is 1. The molecule has 1 heteroatoms. The Bertz CT molecular complexity index is 768. The molecule has 0 unspecified atom stereocenters. The van der Waals surface area contributed by atoms with Crippen LogP contribution in [-0.4, -0.2) is 5.78 Å². The van der Waals surface area contributed by atoms with Gasteiger partial charge in [-0.3, -0.25) is 4.79 Å². The van der Waals surface area contributed by atoms with Crippen molar-refractivity contribution in [1.29, 1.82) is 0 Å². The molecule has 0 heterocycles. The fourth-order valence-electron chi connectivity index (χ4n) is 2.69. The van der Waals surface area contributed by atoms with Crippen molar-refractivity contribution in [1.82, 2.24) is 0 Å². The number of benzene rings is 3. The maximum Gasteiger partial charge on any atom is 0.159 e. The molecule has 0 bridgehead atoms. The summed E-state index contributed by atoms with van der Waals surface area (Å²) in [5.41, 5.74) is 5.80. The first-order valence-corrected chi connectivity index (χ1v) is 7.96. The molecule has 0 aliphatic heterocycles. The third kappa shape index (κ3) is 3.95. The van der Waals surface area contributed by atoms with Gasteiger partial charge in [0.1, 0.15) is 0 Å². The van der Waals surface area contributed by atoms with Gasteiger partial charge in [-0.1, -0.05) is 78.9 Å². The van der Waals surface area contributed by atoms with Gasteiger partial charge in [-0.2, -0.15) is 0 Å². The van der Waals surface area contributed by atoms with E-state index in [9.17, 15) is 4.79 Å². The van der Waals surface area contributed by atoms with E-state index in [0.717, 1.165) is 24.0 Å². The molecule has 0 radical (unpaired) electrons. The van der Waals surface area contributed by atoms with Crippen LogP contribution in [0.25, 0.3) is 11.1 Å². The number of rotatable bonds is 5.